The Kier molecular flexibility index (Phi) is 2.35. The average Bonchev–Trinajstić information content (AvgIpc) is 2.00. The molecule has 0 saturated heterocycles. The van der Waals surface area contributed by atoms with Crippen molar-refractivity contribution in [1.82, 2.24) is 0 Å². The second-order valence-electron chi connectivity index (χ2n) is 3.25. The summed E-state index contributed by atoms with van der Waals surface area (Å²) in [5.41, 5.74) is 1.22. The van der Waals surface area contributed by atoms with Gasteiger partial charge in [0.2, 0.25) is 0 Å². The molecule has 1 fully saturated rings. The van der Waals surface area contributed by atoms with E-state index in [1.165, 1.54) is 24.9 Å². The van der Waals surface area contributed by atoms with Crippen LogP contribution in [0.5, 0.6) is 0 Å². The molecule has 0 heterocycles. The number of benzene rings is 1. The molecule has 1 aromatic carbocycles. The van der Waals surface area contributed by atoms with E-state index in [9.17, 15) is 0 Å². The highest BCUT2D eigenvalue weighted by molar-refractivity contribution is 9.10. The van der Waals surface area contributed by atoms with E-state index >= 15 is 0 Å². The highest BCUT2D eigenvalue weighted by Gasteiger charge is 2.17. The fraction of sp³-hybridized carbons (Fsp3) is 0.400. The third-order valence-corrected chi connectivity index (χ3v) is 3.03. The molecule has 12 heavy (non-hydrogen) atoms. The summed E-state index contributed by atoms with van der Waals surface area (Å²) in [6, 6.07) is 8.99. The zero-order valence-electron chi connectivity index (χ0n) is 6.89. The van der Waals surface area contributed by atoms with Crippen molar-refractivity contribution < 1.29 is 0 Å². The Balaban J connectivity index is 2.06. The van der Waals surface area contributed by atoms with Gasteiger partial charge >= 0.3 is 0 Å². The predicted molar refractivity (Wildman–Crippen MR) is 55.4 cm³/mol. The summed E-state index contributed by atoms with van der Waals surface area (Å²) in [5.74, 6) is 0. The quantitative estimate of drug-likeness (QED) is 0.814. The first-order valence-corrected chi connectivity index (χ1v) is 5.16. The zero-order chi connectivity index (χ0) is 8.39. The van der Waals surface area contributed by atoms with Crippen molar-refractivity contribution in [1.29, 1.82) is 0 Å². The summed E-state index contributed by atoms with van der Waals surface area (Å²) in [5, 5.41) is 3.50. The first-order chi connectivity index (χ1) is 5.86. The molecule has 0 amide bonds. The maximum atomic E-state index is 3.52. The van der Waals surface area contributed by atoms with E-state index in [-0.39, 0.29) is 0 Å². The van der Waals surface area contributed by atoms with Crippen LogP contribution < -0.4 is 5.32 Å². The number of hydrogen-bond donors (Lipinski definition) is 1. The van der Waals surface area contributed by atoms with Gasteiger partial charge in [0.1, 0.15) is 0 Å². The van der Waals surface area contributed by atoms with Crippen molar-refractivity contribution in [3.8, 4) is 0 Å². The highest BCUT2D eigenvalue weighted by Crippen LogP contribution is 2.27. The summed E-state index contributed by atoms with van der Waals surface area (Å²) in [7, 11) is 0. The van der Waals surface area contributed by atoms with Crippen molar-refractivity contribution in [3.63, 3.8) is 0 Å². The molecular formula is C10H12BrN. The molecule has 1 aromatic rings. The molecule has 2 heteroatoms. The molecule has 64 valence electrons. The van der Waals surface area contributed by atoms with E-state index < -0.39 is 0 Å². The molecular weight excluding hydrogens is 214 g/mol. The summed E-state index contributed by atoms with van der Waals surface area (Å²) < 4.78 is 1.16. The van der Waals surface area contributed by atoms with Crippen LogP contribution in [-0.4, -0.2) is 6.04 Å². The fourth-order valence-electron chi connectivity index (χ4n) is 1.35. The topological polar surface area (TPSA) is 12.0 Å². The van der Waals surface area contributed by atoms with E-state index in [2.05, 4.69) is 39.4 Å². The van der Waals surface area contributed by atoms with E-state index in [4.69, 9.17) is 0 Å². The molecule has 0 aliphatic heterocycles. The number of nitrogens with one attached hydrogen (secondary N) is 1. The van der Waals surface area contributed by atoms with Crippen LogP contribution in [0.25, 0.3) is 0 Å². The maximum Gasteiger partial charge on any atom is 0.0486 e. The van der Waals surface area contributed by atoms with E-state index in [0.717, 1.165) is 4.47 Å². The van der Waals surface area contributed by atoms with Crippen LogP contribution in [0.4, 0.5) is 5.69 Å². The predicted octanol–water partition coefficient (Wildman–Crippen LogP) is 3.41. The van der Waals surface area contributed by atoms with E-state index in [1.54, 1.807) is 0 Å². The van der Waals surface area contributed by atoms with Crippen LogP contribution in [-0.2, 0) is 0 Å². The molecule has 0 aromatic heterocycles. The summed E-state index contributed by atoms with van der Waals surface area (Å²) >= 11 is 3.52. The lowest BCUT2D eigenvalue weighted by molar-refractivity contribution is 0.445. The summed E-state index contributed by atoms with van der Waals surface area (Å²) in [6.45, 7) is 0. The molecule has 1 aliphatic carbocycles. The molecule has 0 unspecified atom stereocenters. The first-order valence-electron chi connectivity index (χ1n) is 4.37. The van der Waals surface area contributed by atoms with Gasteiger partial charge < -0.3 is 5.32 Å². The van der Waals surface area contributed by atoms with Gasteiger partial charge in [0.05, 0.1) is 0 Å². The number of hydrogen-bond acceptors (Lipinski definition) is 1. The van der Waals surface area contributed by atoms with Crippen LogP contribution in [0.1, 0.15) is 19.3 Å². The monoisotopic (exact) mass is 225 g/mol. The molecule has 0 bridgehead atoms. The van der Waals surface area contributed by atoms with Crippen LogP contribution in [0.2, 0.25) is 0 Å². The zero-order valence-corrected chi connectivity index (χ0v) is 8.47. The van der Waals surface area contributed by atoms with Gasteiger partial charge in [-0.05, 0) is 47.3 Å². The third kappa shape index (κ3) is 1.63. The van der Waals surface area contributed by atoms with Gasteiger partial charge in [-0.15, -0.1) is 0 Å². The molecule has 0 radical (unpaired) electrons. The lowest BCUT2D eigenvalue weighted by atomic mass is 9.93. The lowest BCUT2D eigenvalue weighted by Crippen LogP contribution is -2.27. The Morgan fingerprint density at radius 3 is 2.58 bits per heavy atom. The minimum atomic E-state index is 0.712. The Hall–Kier alpha value is -0.500. The standard InChI is InChI=1S/C10H12BrN/c11-9-6-1-2-7-10(9)12-8-4-3-5-8/h1-2,6-8,12H,3-5H2. The fourth-order valence-corrected chi connectivity index (χ4v) is 1.75. The molecule has 1 nitrogen and oxygen atoms in total. The second kappa shape index (κ2) is 3.48. The van der Waals surface area contributed by atoms with Crippen LogP contribution in [0.3, 0.4) is 0 Å². The minimum absolute atomic E-state index is 0.712. The SMILES string of the molecule is Brc1ccccc1NC1CCC1. The second-order valence-corrected chi connectivity index (χ2v) is 4.11. The van der Waals surface area contributed by atoms with Crippen LogP contribution in [0.15, 0.2) is 28.7 Å². The Bertz CT molecular complexity index is 268. The van der Waals surface area contributed by atoms with Crippen molar-refractivity contribution >= 4 is 21.6 Å². The lowest BCUT2D eigenvalue weighted by Gasteiger charge is -2.27. The molecule has 1 N–H and O–H groups in total. The molecule has 1 aliphatic rings. The average molecular weight is 226 g/mol. The summed E-state index contributed by atoms with van der Waals surface area (Å²) in [6.07, 6.45) is 4.02. The summed E-state index contributed by atoms with van der Waals surface area (Å²) in [4.78, 5) is 0. The largest absolute Gasteiger partial charge is 0.381 e. The van der Waals surface area contributed by atoms with Crippen LogP contribution in [0, 0.1) is 0 Å². The molecule has 1 saturated carbocycles. The normalized spacial score (nSPS) is 17.1. The van der Waals surface area contributed by atoms with E-state index in [1.807, 2.05) is 6.07 Å². The third-order valence-electron chi connectivity index (χ3n) is 2.34. The van der Waals surface area contributed by atoms with Crippen molar-refractivity contribution in [3.05, 3.63) is 28.7 Å². The van der Waals surface area contributed by atoms with Gasteiger partial charge in [0.15, 0.2) is 0 Å². The molecule has 0 atom stereocenters. The Morgan fingerprint density at radius 2 is 2.00 bits per heavy atom. The number of halogens is 1. The van der Waals surface area contributed by atoms with E-state index in [0.29, 0.717) is 6.04 Å². The van der Waals surface area contributed by atoms with Gasteiger partial charge in [-0.25, -0.2) is 0 Å². The Labute approximate surface area is 81.3 Å². The smallest absolute Gasteiger partial charge is 0.0486 e. The minimum Gasteiger partial charge on any atom is -0.381 e. The number of rotatable bonds is 2. The highest BCUT2D eigenvalue weighted by atomic mass is 79.9. The Morgan fingerprint density at radius 1 is 1.25 bits per heavy atom. The number of anilines is 1. The number of para-hydroxylation sites is 1. The van der Waals surface area contributed by atoms with Gasteiger partial charge in [0, 0.05) is 16.2 Å². The molecule has 2 rings (SSSR count). The van der Waals surface area contributed by atoms with Crippen molar-refractivity contribution in [2.24, 2.45) is 0 Å². The van der Waals surface area contributed by atoms with Gasteiger partial charge in [-0.2, -0.15) is 0 Å². The maximum absolute atomic E-state index is 3.52. The van der Waals surface area contributed by atoms with Crippen molar-refractivity contribution in [2.45, 2.75) is 25.3 Å². The van der Waals surface area contributed by atoms with Crippen molar-refractivity contribution in [2.75, 3.05) is 5.32 Å². The first kappa shape index (κ1) is 8.11. The van der Waals surface area contributed by atoms with Gasteiger partial charge in [-0.1, -0.05) is 12.1 Å². The van der Waals surface area contributed by atoms with Gasteiger partial charge in [-0.3, -0.25) is 0 Å². The van der Waals surface area contributed by atoms with Crippen LogP contribution >= 0.6 is 15.9 Å². The van der Waals surface area contributed by atoms with Gasteiger partial charge in [0.25, 0.3) is 0 Å². The molecule has 0 spiro atoms.